The molecule has 18 heavy (non-hydrogen) atoms. The highest BCUT2D eigenvalue weighted by atomic mass is 79.9. The molecule has 3 heteroatoms. The van der Waals surface area contributed by atoms with Crippen molar-refractivity contribution >= 4 is 27.3 Å². The van der Waals surface area contributed by atoms with E-state index in [1.165, 1.54) is 6.07 Å². The zero-order valence-corrected chi connectivity index (χ0v) is 11.4. The lowest BCUT2D eigenvalue weighted by atomic mass is 10.2. The normalized spacial score (nSPS) is 10.1. The number of para-hydroxylation sites is 1. The van der Waals surface area contributed by atoms with Crippen molar-refractivity contribution < 1.29 is 4.39 Å². The van der Waals surface area contributed by atoms with Gasteiger partial charge in [0.25, 0.3) is 0 Å². The van der Waals surface area contributed by atoms with Crippen LogP contribution in [0.1, 0.15) is 0 Å². The van der Waals surface area contributed by atoms with E-state index in [0.717, 1.165) is 11.4 Å². The van der Waals surface area contributed by atoms with Crippen LogP contribution in [0.5, 0.6) is 0 Å². The van der Waals surface area contributed by atoms with E-state index in [0.29, 0.717) is 11.0 Å². The number of hydrogen-bond donors (Lipinski definition) is 0. The molecule has 1 nitrogen and oxygen atoms in total. The maximum absolute atomic E-state index is 13.6. The summed E-state index contributed by atoms with van der Waals surface area (Å²) < 4.78 is 14.1. The molecule has 0 radical (unpaired) electrons. The summed E-state index contributed by atoms with van der Waals surface area (Å²) in [5.41, 5.74) is 1.82. The molecular weight excluding hydrogens is 293 g/mol. The van der Waals surface area contributed by atoms with Crippen molar-refractivity contribution in [3.05, 3.63) is 71.5 Å². The minimum absolute atomic E-state index is 0.266. The van der Waals surface area contributed by atoms with E-state index in [1.807, 2.05) is 41.3 Å². The predicted molar refractivity (Wildman–Crippen MR) is 77.7 cm³/mol. The third-order valence-electron chi connectivity index (χ3n) is 2.59. The van der Waals surface area contributed by atoms with Gasteiger partial charge in [0.05, 0.1) is 4.47 Å². The molecule has 0 aliphatic heterocycles. The minimum Gasteiger partial charge on any atom is -0.338 e. The van der Waals surface area contributed by atoms with Crippen molar-refractivity contribution in [2.24, 2.45) is 0 Å². The van der Waals surface area contributed by atoms with Crippen LogP contribution in [-0.4, -0.2) is 6.54 Å². The van der Waals surface area contributed by atoms with Gasteiger partial charge in [0.2, 0.25) is 0 Å². The topological polar surface area (TPSA) is 3.24 Å². The zero-order valence-electron chi connectivity index (χ0n) is 9.81. The van der Waals surface area contributed by atoms with Crippen LogP contribution >= 0.6 is 15.9 Å². The Bertz CT molecular complexity index is 539. The number of hydrogen-bond acceptors (Lipinski definition) is 1. The molecule has 92 valence electrons. The Morgan fingerprint density at radius 3 is 2.44 bits per heavy atom. The first kappa shape index (κ1) is 12.8. The van der Waals surface area contributed by atoms with E-state index in [2.05, 4.69) is 22.5 Å². The average Bonchev–Trinajstić information content (AvgIpc) is 2.40. The van der Waals surface area contributed by atoms with E-state index in [9.17, 15) is 4.39 Å². The summed E-state index contributed by atoms with van der Waals surface area (Å²) in [4.78, 5) is 2.00. The van der Waals surface area contributed by atoms with Gasteiger partial charge < -0.3 is 4.90 Å². The predicted octanol–water partition coefficient (Wildman–Crippen LogP) is 4.91. The number of rotatable bonds is 4. The number of nitrogens with zero attached hydrogens (tertiary/aromatic N) is 1. The first-order chi connectivity index (χ1) is 8.72. The second-order valence-corrected chi connectivity index (χ2v) is 4.69. The molecule has 0 heterocycles. The smallest absolute Gasteiger partial charge is 0.139 e. The molecule has 0 bridgehead atoms. The summed E-state index contributed by atoms with van der Waals surface area (Å²) in [6.07, 6.45) is 1.80. The van der Waals surface area contributed by atoms with Crippen LogP contribution in [0.2, 0.25) is 0 Å². The summed E-state index contributed by atoms with van der Waals surface area (Å²) in [7, 11) is 0. The van der Waals surface area contributed by atoms with Gasteiger partial charge in [0, 0.05) is 17.9 Å². The van der Waals surface area contributed by atoms with Crippen LogP contribution in [0, 0.1) is 5.82 Å². The summed E-state index contributed by atoms with van der Waals surface area (Å²) in [5.74, 6) is -0.266. The fourth-order valence-corrected chi connectivity index (χ4v) is 2.00. The van der Waals surface area contributed by atoms with E-state index in [-0.39, 0.29) is 5.82 Å². The molecule has 0 saturated carbocycles. The van der Waals surface area contributed by atoms with Crippen LogP contribution < -0.4 is 4.90 Å². The van der Waals surface area contributed by atoms with E-state index in [1.54, 1.807) is 12.1 Å². The fraction of sp³-hybridized carbons (Fsp3) is 0.0667. The molecule has 2 aromatic rings. The van der Waals surface area contributed by atoms with Crippen molar-refractivity contribution in [1.29, 1.82) is 0 Å². The third-order valence-corrected chi connectivity index (χ3v) is 3.24. The first-order valence-corrected chi connectivity index (χ1v) is 6.40. The lowest BCUT2D eigenvalue weighted by molar-refractivity contribution is 0.621. The largest absolute Gasteiger partial charge is 0.338 e. The maximum atomic E-state index is 13.6. The number of benzene rings is 2. The fourth-order valence-electron chi connectivity index (χ4n) is 1.75. The second kappa shape index (κ2) is 5.83. The Labute approximate surface area is 115 Å². The van der Waals surface area contributed by atoms with Gasteiger partial charge in [0.15, 0.2) is 0 Å². The van der Waals surface area contributed by atoms with E-state index >= 15 is 0 Å². The molecule has 2 rings (SSSR count). The van der Waals surface area contributed by atoms with Gasteiger partial charge in [-0.3, -0.25) is 0 Å². The van der Waals surface area contributed by atoms with Crippen molar-refractivity contribution in [3.8, 4) is 0 Å². The summed E-state index contributed by atoms with van der Waals surface area (Å²) in [5, 5.41) is 0. The van der Waals surface area contributed by atoms with E-state index < -0.39 is 0 Å². The Hall–Kier alpha value is -1.61. The van der Waals surface area contributed by atoms with Crippen LogP contribution in [0.15, 0.2) is 65.7 Å². The highest BCUT2D eigenvalue weighted by molar-refractivity contribution is 9.10. The average molecular weight is 306 g/mol. The van der Waals surface area contributed by atoms with Crippen LogP contribution in [-0.2, 0) is 0 Å². The molecule has 0 unspecified atom stereocenters. The Balaban J connectivity index is 2.41. The van der Waals surface area contributed by atoms with Crippen molar-refractivity contribution in [3.63, 3.8) is 0 Å². The molecular formula is C15H13BrFN. The second-order valence-electron chi connectivity index (χ2n) is 3.83. The standard InChI is InChI=1S/C15H13BrFN/c1-2-10-18(12-6-4-3-5-7-12)13-8-9-14(16)15(17)11-13/h2-9,11H,1,10H2. The lowest BCUT2D eigenvalue weighted by Gasteiger charge is -2.23. The molecule has 0 fully saturated rings. The quantitative estimate of drug-likeness (QED) is 0.725. The SMILES string of the molecule is C=CCN(c1ccccc1)c1ccc(Br)c(F)c1. The molecule has 0 aromatic heterocycles. The van der Waals surface area contributed by atoms with Crippen LogP contribution in [0.25, 0.3) is 0 Å². The maximum Gasteiger partial charge on any atom is 0.139 e. The molecule has 0 spiro atoms. The van der Waals surface area contributed by atoms with E-state index in [4.69, 9.17) is 0 Å². The summed E-state index contributed by atoms with van der Waals surface area (Å²) in [6.45, 7) is 4.38. The number of halogens is 2. The summed E-state index contributed by atoms with van der Waals surface area (Å²) in [6, 6.07) is 15.0. The Kier molecular flexibility index (Phi) is 4.15. The molecule has 2 aromatic carbocycles. The van der Waals surface area contributed by atoms with Gasteiger partial charge in [-0.1, -0.05) is 24.3 Å². The molecule has 0 saturated heterocycles. The van der Waals surface area contributed by atoms with Gasteiger partial charge in [-0.2, -0.15) is 0 Å². The Morgan fingerprint density at radius 2 is 1.83 bits per heavy atom. The molecule has 0 aliphatic rings. The summed E-state index contributed by atoms with van der Waals surface area (Å²) >= 11 is 3.16. The Morgan fingerprint density at radius 1 is 1.11 bits per heavy atom. The minimum atomic E-state index is -0.266. The van der Waals surface area contributed by atoms with Crippen LogP contribution in [0.4, 0.5) is 15.8 Å². The van der Waals surface area contributed by atoms with Gasteiger partial charge in [0.1, 0.15) is 5.82 Å². The number of anilines is 2. The molecule has 0 amide bonds. The van der Waals surface area contributed by atoms with Gasteiger partial charge >= 0.3 is 0 Å². The molecule has 0 aliphatic carbocycles. The van der Waals surface area contributed by atoms with Crippen LogP contribution in [0.3, 0.4) is 0 Å². The molecule has 0 atom stereocenters. The monoisotopic (exact) mass is 305 g/mol. The lowest BCUT2D eigenvalue weighted by Crippen LogP contribution is -2.16. The van der Waals surface area contributed by atoms with Crippen molar-refractivity contribution in [2.45, 2.75) is 0 Å². The van der Waals surface area contributed by atoms with Crippen molar-refractivity contribution in [1.82, 2.24) is 0 Å². The van der Waals surface area contributed by atoms with Gasteiger partial charge in [-0.25, -0.2) is 4.39 Å². The highest BCUT2D eigenvalue weighted by Crippen LogP contribution is 2.28. The van der Waals surface area contributed by atoms with Crippen molar-refractivity contribution in [2.75, 3.05) is 11.4 Å². The zero-order chi connectivity index (χ0) is 13.0. The highest BCUT2D eigenvalue weighted by Gasteiger charge is 2.09. The van der Waals surface area contributed by atoms with Gasteiger partial charge in [-0.15, -0.1) is 6.58 Å². The first-order valence-electron chi connectivity index (χ1n) is 5.61. The third kappa shape index (κ3) is 2.79. The molecule has 0 N–H and O–H groups in total. The van der Waals surface area contributed by atoms with Gasteiger partial charge in [-0.05, 0) is 46.3 Å².